The number of hydrogen-bond donors (Lipinski definition) is 0. The van der Waals surface area contributed by atoms with Crippen LogP contribution in [0.15, 0.2) is 18.2 Å². The molecule has 0 fully saturated rings. The summed E-state index contributed by atoms with van der Waals surface area (Å²) >= 11 is 3.77. The van der Waals surface area contributed by atoms with Gasteiger partial charge in [-0.3, -0.25) is 0 Å². The second-order valence-electron chi connectivity index (χ2n) is 4.28. The molecule has 0 amide bonds. The summed E-state index contributed by atoms with van der Waals surface area (Å²) in [6.07, 6.45) is 2.40. The standard InChI is InChI=1S/C14H21BrO2/c1-5-6-10(2)14(15)12-8-7-11(16-3)9-13(12)17-4/h7-10,14H,5-6H2,1-4H3. The summed E-state index contributed by atoms with van der Waals surface area (Å²) in [5, 5.41) is 0. The molecule has 2 nitrogen and oxygen atoms in total. The van der Waals surface area contributed by atoms with E-state index in [0.29, 0.717) is 10.7 Å². The Kier molecular flexibility index (Phi) is 5.83. The Morgan fingerprint density at radius 3 is 2.47 bits per heavy atom. The van der Waals surface area contributed by atoms with Crippen molar-refractivity contribution in [2.75, 3.05) is 14.2 Å². The van der Waals surface area contributed by atoms with Crippen LogP contribution in [0.2, 0.25) is 0 Å². The molecule has 2 unspecified atom stereocenters. The van der Waals surface area contributed by atoms with Crippen LogP contribution in [-0.4, -0.2) is 14.2 Å². The van der Waals surface area contributed by atoms with Crippen LogP contribution in [0.1, 0.15) is 37.1 Å². The molecule has 0 N–H and O–H groups in total. The second-order valence-corrected chi connectivity index (χ2v) is 5.26. The van der Waals surface area contributed by atoms with Gasteiger partial charge < -0.3 is 9.47 Å². The molecule has 1 aromatic carbocycles. The van der Waals surface area contributed by atoms with Gasteiger partial charge in [0.2, 0.25) is 0 Å². The maximum atomic E-state index is 5.43. The minimum atomic E-state index is 0.323. The van der Waals surface area contributed by atoms with E-state index in [1.807, 2.05) is 12.1 Å². The van der Waals surface area contributed by atoms with Crippen molar-refractivity contribution in [3.63, 3.8) is 0 Å². The van der Waals surface area contributed by atoms with Crippen LogP contribution in [-0.2, 0) is 0 Å². The largest absolute Gasteiger partial charge is 0.497 e. The molecule has 2 atom stereocenters. The van der Waals surface area contributed by atoms with E-state index in [1.165, 1.54) is 18.4 Å². The molecule has 1 rings (SSSR count). The van der Waals surface area contributed by atoms with E-state index in [9.17, 15) is 0 Å². The first-order valence-electron chi connectivity index (χ1n) is 6.00. The predicted octanol–water partition coefficient (Wildman–Crippen LogP) is 4.58. The summed E-state index contributed by atoms with van der Waals surface area (Å²) in [4.78, 5) is 0.323. The lowest BCUT2D eigenvalue weighted by Gasteiger charge is -2.20. The summed E-state index contributed by atoms with van der Waals surface area (Å²) in [5.41, 5.74) is 1.19. The van der Waals surface area contributed by atoms with Gasteiger partial charge in [0, 0.05) is 16.5 Å². The van der Waals surface area contributed by atoms with E-state index in [4.69, 9.17) is 9.47 Å². The van der Waals surface area contributed by atoms with Crippen molar-refractivity contribution in [1.82, 2.24) is 0 Å². The SMILES string of the molecule is CCCC(C)C(Br)c1ccc(OC)cc1OC. The van der Waals surface area contributed by atoms with Crippen LogP contribution in [0.4, 0.5) is 0 Å². The third-order valence-electron chi connectivity index (χ3n) is 2.98. The third-order valence-corrected chi connectivity index (χ3v) is 4.38. The van der Waals surface area contributed by atoms with Crippen LogP contribution in [0.5, 0.6) is 11.5 Å². The summed E-state index contributed by atoms with van der Waals surface area (Å²) < 4.78 is 10.6. The molecular formula is C14H21BrO2. The molecule has 3 heteroatoms. The zero-order valence-electron chi connectivity index (χ0n) is 11.0. The van der Waals surface area contributed by atoms with Crippen LogP contribution in [0.25, 0.3) is 0 Å². The topological polar surface area (TPSA) is 18.5 Å². The first-order valence-corrected chi connectivity index (χ1v) is 6.91. The molecule has 96 valence electrons. The van der Waals surface area contributed by atoms with E-state index in [1.54, 1.807) is 14.2 Å². The molecule has 0 saturated heterocycles. The smallest absolute Gasteiger partial charge is 0.126 e. The van der Waals surface area contributed by atoms with E-state index in [2.05, 4.69) is 35.8 Å². The number of rotatable bonds is 6. The number of alkyl halides is 1. The Morgan fingerprint density at radius 1 is 1.24 bits per heavy atom. The maximum absolute atomic E-state index is 5.43. The van der Waals surface area contributed by atoms with Gasteiger partial charge in [-0.2, -0.15) is 0 Å². The fourth-order valence-electron chi connectivity index (χ4n) is 1.95. The van der Waals surface area contributed by atoms with Gasteiger partial charge in [-0.25, -0.2) is 0 Å². The molecule has 0 bridgehead atoms. The molecule has 1 aromatic rings. The highest BCUT2D eigenvalue weighted by Gasteiger charge is 2.19. The van der Waals surface area contributed by atoms with Crippen LogP contribution in [0.3, 0.4) is 0 Å². The van der Waals surface area contributed by atoms with Crippen molar-refractivity contribution in [1.29, 1.82) is 0 Å². The number of halogens is 1. The molecule has 0 saturated carbocycles. The molecule has 0 aliphatic rings. The Balaban J connectivity index is 2.96. The number of ether oxygens (including phenoxy) is 2. The molecule has 0 aliphatic heterocycles. The summed E-state index contributed by atoms with van der Waals surface area (Å²) in [6.45, 7) is 4.47. The number of methoxy groups -OCH3 is 2. The molecule has 0 spiro atoms. The fourth-order valence-corrected chi connectivity index (χ4v) is 2.60. The van der Waals surface area contributed by atoms with Gasteiger partial charge in [0.15, 0.2) is 0 Å². The van der Waals surface area contributed by atoms with Crippen LogP contribution in [0, 0.1) is 5.92 Å². The van der Waals surface area contributed by atoms with Crippen molar-refractivity contribution in [2.24, 2.45) is 5.92 Å². The van der Waals surface area contributed by atoms with Crippen molar-refractivity contribution in [3.8, 4) is 11.5 Å². The van der Waals surface area contributed by atoms with Gasteiger partial charge in [0.05, 0.1) is 14.2 Å². The van der Waals surface area contributed by atoms with Gasteiger partial charge in [0.1, 0.15) is 11.5 Å². The maximum Gasteiger partial charge on any atom is 0.126 e. The van der Waals surface area contributed by atoms with Gasteiger partial charge in [-0.05, 0) is 18.4 Å². The highest BCUT2D eigenvalue weighted by atomic mass is 79.9. The highest BCUT2D eigenvalue weighted by Crippen LogP contribution is 2.39. The monoisotopic (exact) mass is 300 g/mol. The first-order chi connectivity index (χ1) is 8.13. The number of hydrogen-bond acceptors (Lipinski definition) is 2. The third kappa shape index (κ3) is 3.63. The van der Waals surface area contributed by atoms with E-state index < -0.39 is 0 Å². The molecule has 0 heterocycles. The second kappa shape index (κ2) is 6.90. The average molecular weight is 301 g/mol. The van der Waals surface area contributed by atoms with E-state index in [-0.39, 0.29) is 0 Å². The number of benzene rings is 1. The summed E-state index contributed by atoms with van der Waals surface area (Å²) in [5.74, 6) is 2.30. The van der Waals surface area contributed by atoms with Crippen LogP contribution >= 0.6 is 15.9 Å². The van der Waals surface area contributed by atoms with Gasteiger partial charge in [-0.1, -0.05) is 42.3 Å². The van der Waals surface area contributed by atoms with E-state index in [0.717, 1.165) is 11.5 Å². The van der Waals surface area contributed by atoms with Crippen molar-refractivity contribution in [2.45, 2.75) is 31.5 Å². The zero-order valence-corrected chi connectivity index (χ0v) is 12.6. The fraction of sp³-hybridized carbons (Fsp3) is 0.571. The molecule has 17 heavy (non-hydrogen) atoms. The normalized spacial score (nSPS) is 14.2. The quantitative estimate of drug-likeness (QED) is 0.716. The minimum absolute atomic E-state index is 0.323. The summed E-state index contributed by atoms with van der Waals surface area (Å²) in [6, 6.07) is 5.98. The highest BCUT2D eigenvalue weighted by molar-refractivity contribution is 9.09. The van der Waals surface area contributed by atoms with Gasteiger partial charge >= 0.3 is 0 Å². The predicted molar refractivity (Wildman–Crippen MR) is 75.3 cm³/mol. The van der Waals surface area contributed by atoms with Crippen LogP contribution < -0.4 is 9.47 Å². The molecule has 0 radical (unpaired) electrons. The van der Waals surface area contributed by atoms with E-state index >= 15 is 0 Å². The van der Waals surface area contributed by atoms with Crippen molar-refractivity contribution >= 4 is 15.9 Å². The summed E-state index contributed by atoms with van der Waals surface area (Å²) in [7, 11) is 3.36. The molecule has 0 aromatic heterocycles. The Labute approximate surface area is 112 Å². The zero-order chi connectivity index (χ0) is 12.8. The Bertz CT molecular complexity index is 352. The molecular weight excluding hydrogens is 280 g/mol. The average Bonchev–Trinajstić information content (AvgIpc) is 2.37. The Morgan fingerprint density at radius 2 is 1.94 bits per heavy atom. The van der Waals surface area contributed by atoms with Gasteiger partial charge in [0.25, 0.3) is 0 Å². The lowest BCUT2D eigenvalue weighted by molar-refractivity contribution is 0.387. The lowest BCUT2D eigenvalue weighted by atomic mass is 9.96. The molecule has 0 aliphatic carbocycles. The van der Waals surface area contributed by atoms with Gasteiger partial charge in [-0.15, -0.1) is 0 Å². The minimum Gasteiger partial charge on any atom is -0.497 e. The lowest BCUT2D eigenvalue weighted by Crippen LogP contribution is -2.05. The van der Waals surface area contributed by atoms with Crippen molar-refractivity contribution < 1.29 is 9.47 Å². The van der Waals surface area contributed by atoms with Crippen molar-refractivity contribution in [3.05, 3.63) is 23.8 Å². The first kappa shape index (κ1) is 14.4. The Hall–Kier alpha value is -0.700.